The molecule has 10 nitrogen and oxygen atoms in total. The Morgan fingerprint density at radius 1 is 1.05 bits per heavy atom. The zero-order valence-corrected chi connectivity index (χ0v) is 25.4. The van der Waals surface area contributed by atoms with Gasteiger partial charge in [0, 0.05) is 52.8 Å². The number of morpholine rings is 1. The number of hydrogen-bond acceptors (Lipinski definition) is 10. The van der Waals surface area contributed by atoms with Crippen LogP contribution in [-0.4, -0.2) is 57.7 Å². The van der Waals surface area contributed by atoms with Gasteiger partial charge in [-0.15, -0.1) is 16.4 Å². The number of nitrogens with zero attached hydrogens (tertiary/aromatic N) is 7. The van der Waals surface area contributed by atoms with E-state index in [2.05, 4.69) is 43.0 Å². The van der Waals surface area contributed by atoms with Gasteiger partial charge in [-0.1, -0.05) is 28.4 Å². The lowest BCUT2D eigenvalue weighted by atomic mass is 10.1. The maximum absolute atomic E-state index is 13.8. The van der Waals surface area contributed by atoms with Gasteiger partial charge in [0.2, 0.25) is 0 Å². The zero-order valence-electron chi connectivity index (χ0n) is 23.1. The number of rotatable bonds is 9. The number of thiophene rings is 1. The monoisotopic (exact) mass is 647 g/mol. The van der Waals surface area contributed by atoms with Crippen LogP contribution in [-0.2, 0) is 11.3 Å². The number of fused-ring (bicyclic) bond motifs is 1. The second kappa shape index (κ2) is 13.1. The van der Waals surface area contributed by atoms with Gasteiger partial charge in [0.15, 0.2) is 0 Å². The lowest BCUT2D eigenvalue weighted by molar-refractivity contribution is 0.0359. The maximum atomic E-state index is 13.8. The van der Waals surface area contributed by atoms with Gasteiger partial charge in [-0.2, -0.15) is 10.5 Å². The predicted octanol–water partition coefficient (Wildman–Crippen LogP) is 6.35. The Bertz CT molecular complexity index is 1910. The molecule has 3 aromatic heterocycles. The quantitative estimate of drug-likeness (QED) is 0.188. The number of ether oxygens (including phenoxy) is 1. The predicted molar refractivity (Wildman–Crippen MR) is 168 cm³/mol. The molecule has 1 saturated heterocycles. The van der Waals surface area contributed by atoms with Gasteiger partial charge in [-0.05, 0) is 36.4 Å². The molecule has 1 atom stereocenters. The smallest absolute Gasteiger partial charge is 0.141 e. The van der Waals surface area contributed by atoms with Gasteiger partial charge in [0.25, 0.3) is 0 Å². The summed E-state index contributed by atoms with van der Waals surface area (Å²) >= 11 is 14.2. The molecule has 0 radical (unpaired) electrons. The van der Waals surface area contributed by atoms with Crippen molar-refractivity contribution >= 4 is 62.5 Å². The molecule has 1 aliphatic heterocycles. The highest BCUT2D eigenvalue weighted by atomic mass is 35.5. The third kappa shape index (κ3) is 6.45. The first-order valence-electron chi connectivity index (χ1n) is 13.6. The Hall–Kier alpha value is -4.30. The number of anilines is 3. The topological polar surface area (TPSA) is 128 Å². The standard InChI is InChI=1S/C30H24Cl2FN9OS/c31-23-11-20(1-2-25(23)33)37-28-19(14-35)15-36-29-22(28)10-21(12-24(29)32)38-30(27-9-18(13-34)17-44-27)26-16-42(40-39-26)4-3-41-5-7-43-8-6-41/h1-2,9-12,15-17,30,38H,3-8H2,(H,36,37)/t30-/m1/s1. The molecule has 0 amide bonds. The SMILES string of the molecule is N#Cc1csc([C@H](Nc2cc(Cl)c3ncc(C#N)c(Nc4ccc(F)c(Cl)c4)c3c2)c2cn(CCN3CCOCC3)nn2)c1. The first kappa shape index (κ1) is 29.8. The number of benzene rings is 2. The third-order valence-corrected chi connectivity index (χ3v) is 8.76. The molecular formula is C30H24Cl2FN9OS. The summed E-state index contributed by atoms with van der Waals surface area (Å²) < 4.78 is 21.1. The lowest BCUT2D eigenvalue weighted by Crippen LogP contribution is -2.38. The Labute approximate surface area is 266 Å². The molecule has 1 aliphatic rings. The summed E-state index contributed by atoms with van der Waals surface area (Å²) in [6, 6.07) is 13.5. The van der Waals surface area contributed by atoms with E-state index in [0.29, 0.717) is 50.8 Å². The molecule has 0 bridgehead atoms. The van der Waals surface area contributed by atoms with Crippen LogP contribution in [0.3, 0.4) is 0 Å². The van der Waals surface area contributed by atoms with Gasteiger partial charge in [-0.25, -0.2) is 4.39 Å². The van der Waals surface area contributed by atoms with Gasteiger partial charge in [-0.3, -0.25) is 14.6 Å². The van der Waals surface area contributed by atoms with Gasteiger partial charge in [0.1, 0.15) is 29.7 Å². The summed E-state index contributed by atoms with van der Waals surface area (Å²) in [6.45, 7) is 4.71. The van der Waals surface area contributed by atoms with E-state index in [1.165, 1.54) is 35.7 Å². The third-order valence-electron chi connectivity index (χ3n) is 7.18. The molecule has 0 unspecified atom stereocenters. The molecule has 4 heterocycles. The highest BCUT2D eigenvalue weighted by molar-refractivity contribution is 7.10. The van der Waals surface area contributed by atoms with Gasteiger partial charge < -0.3 is 15.4 Å². The van der Waals surface area contributed by atoms with E-state index in [1.54, 1.807) is 11.4 Å². The summed E-state index contributed by atoms with van der Waals surface area (Å²) in [6.07, 6.45) is 3.33. The van der Waals surface area contributed by atoms with Crippen molar-refractivity contribution in [2.45, 2.75) is 12.6 Å². The highest BCUT2D eigenvalue weighted by Gasteiger charge is 2.22. The van der Waals surface area contributed by atoms with Crippen LogP contribution in [0, 0.1) is 28.5 Å². The van der Waals surface area contributed by atoms with E-state index in [0.717, 1.165) is 37.7 Å². The molecule has 6 rings (SSSR count). The summed E-state index contributed by atoms with van der Waals surface area (Å²) in [5, 5.41) is 37.6. The zero-order chi connectivity index (χ0) is 30.6. The van der Waals surface area contributed by atoms with E-state index < -0.39 is 11.9 Å². The minimum absolute atomic E-state index is 0.0548. The van der Waals surface area contributed by atoms with Crippen molar-refractivity contribution in [2.75, 3.05) is 43.5 Å². The number of halogens is 3. The van der Waals surface area contributed by atoms with E-state index in [9.17, 15) is 14.9 Å². The van der Waals surface area contributed by atoms with Crippen molar-refractivity contribution in [1.29, 1.82) is 10.5 Å². The largest absolute Gasteiger partial charge is 0.379 e. The molecular weight excluding hydrogens is 624 g/mol. The molecule has 0 aliphatic carbocycles. The van der Waals surface area contributed by atoms with Crippen LogP contribution in [0.15, 0.2) is 54.2 Å². The normalized spacial score (nSPS) is 14.2. The fourth-order valence-corrected chi connectivity index (χ4v) is 6.27. The molecule has 2 N–H and O–H groups in total. The number of aromatic nitrogens is 4. The number of hydrogen-bond donors (Lipinski definition) is 2. The van der Waals surface area contributed by atoms with Crippen molar-refractivity contribution < 1.29 is 9.13 Å². The summed E-state index contributed by atoms with van der Waals surface area (Å²) in [7, 11) is 0. The summed E-state index contributed by atoms with van der Waals surface area (Å²) in [5.41, 5.74) is 3.50. The van der Waals surface area contributed by atoms with E-state index in [-0.39, 0.29) is 10.6 Å². The van der Waals surface area contributed by atoms with Crippen LogP contribution in [0.1, 0.15) is 27.7 Å². The van der Waals surface area contributed by atoms with E-state index in [4.69, 9.17) is 27.9 Å². The van der Waals surface area contributed by atoms with Crippen molar-refractivity contribution in [3.05, 3.63) is 91.7 Å². The van der Waals surface area contributed by atoms with E-state index >= 15 is 0 Å². The Morgan fingerprint density at radius 3 is 2.61 bits per heavy atom. The molecule has 0 saturated carbocycles. The molecule has 0 spiro atoms. The Balaban J connectivity index is 1.35. The van der Waals surface area contributed by atoms with Crippen molar-refractivity contribution in [3.63, 3.8) is 0 Å². The average Bonchev–Trinajstić information content (AvgIpc) is 3.72. The average molecular weight is 649 g/mol. The van der Waals surface area contributed by atoms with E-state index in [1.807, 2.05) is 23.0 Å². The molecule has 44 heavy (non-hydrogen) atoms. The molecule has 5 aromatic rings. The fraction of sp³-hybridized carbons (Fsp3) is 0.233. The molecule has 1 fully saturated rings. The van der Waals surface area contributed by atoms with Gasteiger partial charge in [0.05, 0.1) is 58.3 Å². The number of pyridine rings is 1. The summed E-state index contributed by atoms with van der Waals surface area (Å²) in [4.78, 5) is 7.61. The Morgan fingerprint density at radius 2 is 1.86 bits per heavy atom. The van der Waals surface area contributed by atoms with Gasteiger partial charge >= 0.3 is 0 Å². The van der Waals surface area contributed by atoms with Crippen molar-refractivity contribution in [3.8, 4) is 12.1 Å². The second-order valence-corrected chi connectivity index (χ2v) is 11.8. The number of nitriles is 2. The van der Waals surface area contributed by atoms with Crippen LogP contribution in [0.4, 0.5) is 21.5 Å². The van der Waals surface area contributed by atoms with Crippen LogP contribution in [0.5, 0.6) is 0 Å². The van der Waals surface area contributed by atoms with Crippen LogP contribution in [0.25, 0.3) is 10.9 Å². The minimum atomic E-state index is -0.552. The first-order chi connectivity index (χ1) is 21.4. The Kier molecular flexibility index (Phi) is 8.89. The summed E-state index contributed by atoms with van der Waals surface area (Å²) in [5.74, 6) is -0.552. The van der Waals surface area contributed by atoms with Crippen LogP contribution < -0.4 is 10.6 Å². The number of nitrogens with one attached hydrogen (secondary N) is 2. The second-order valence-electron chi connectivity index (χ2n) is 10.1. The molecule has 14 heteroatoms. The maximum Gasteiger partial charge on any atom is 0.141 e. The fourth-order valence-electron chi connectivity index (χ4n) is 4.92. The lowest BCUT2D eigenvalue weighted by Gasteiger charge is -2.26. The molecule has 2 aromatic carbocycles. The minimum Gasteiger partial charge on any atom is -0.379 e. The van der Waals surface area contributed by atoms with Crippen LogP contribution in [0.2, 0.25) is 10.0 Å². The van der Waals surface area contributed by atoms with Crippen LogP contribution >= 0.6 is 34.5 Å². The van der Waals surface area contributed by atoms with Crippen molar-refractivity contribution in [1.82, 2.24) is 24.9 Å². The van der Waals surface area contributed by atoms with Crippen molar-refractivity contribution in [2.24, 2.45) is 0 Å². The first-order valence-corrected chi connectivity index (χ1v) is 15.2. The highest BCUT2D eigenvalue weighted by Crippen LogP contribution is 2.38. The molecule has 222 valence electrons.